The Morgan fingerprint density at radius 3 is 2.64 bits per heavy atom. The van der Waals surface area contributed by atoms with E-state index in [2.05, 4.69) is 29.6 Å². The van der Waals surface area contributed by atoms with E-state index >= 15 is 0 Å². The van der Waals surface area contributed by atoms with Gasteiger partial charge >= 0.3 is 0 Å². The van der Waals surface area contributed by atoms with Crippen LogP contribution in [0.3, 0.4) is 0 Å². The fourth-order valence-corrected chi connectivity index (χ4v) is 2.22. The third-order valence-electron chi connectivity index (χ3n) is 2.89. The lowest BCUT2D eigenvalue weighted by atomic mass is 9.97. The highest BCUT2D eigenvalue weighted by atomic mass is 35.5. The number of rotatable bonds is 3. The van der Waals surface area contributed by atoms with E-state index in [0.29, 0.717) is 5.88 Å². The van der Waals surface area contributed by atoms with Crippen LogP contribution < -0.4 is 5.32 Å². The first-order valence-electron chi connectivity index (χ1n) is 5.25. The number of alkyl halides is 1. The van der Waals surface area contributed by atoms with Crippen LogP contribution in [-0.2, 0) is 6.42 Å². The molecular formula is C12H16ClN. The van der Waals surface area contributed by atoms with Crippen molar-refractivity contribution in [2.24, 2.45) is 0 Å². The minimum atomic E-state index is 0.713. The predicted molar refractivity (Wildman–Crippen MR) is 61.1 cm³/mol. The van der Waals surface area contributed by atoms with Crippen LogP contribution in [-0.4, -0.2) is 19.0 Å². The van der Waals surface area contributed by atoms with Crippen LogP contribution in [0.15, 0.2) is 24.3 Å². The molecule has 0 saturated carbocycles. The van der Waals surface area contributed by atoms with Gasteiger partial charge in [0.2, 0.25) is 0 Å². The second-order valence-electron chi connectivity index (χ2n) is 3.87. The Balaban J connectivity index is 2.05. The first-order chi connectivity index (χ1) is 6.90. The van der Waals surface area contributed by atoms with Gasteiger partial charge in [0.05, 0.1) is 0 Å². The monoisotopic (exact) mass is 209 g/mol. The number of hydrogen-bond donors (Lipinski definition) is 1. The first kappa shape index (κ1) is 10.0. The van der Waals surface area contributed by atoms with E-state index in [-0.39, 0.29) is 0 Å². The lowest BCUT2D eigenvalue weighted by Gasteiger charge is -2.09. The zero-order valence-electron chi connectivity index (χ0n) is 8.30. The minimum Gasteiger partial charge on any atom is -0.316 e. The second-order valence-corrected chi connectivity index (χ2v) is 4.25. The molecule has 0 spiro atoms. The van der Waals surface area contributed by atoms with Crippen LogP contribution in [0.4, 0.5) is 0 Å². The molecule has 0 bridgehead atoms. The molecule has 1 aromatic rings. The van der Waals surface area contributed by atoms with Crippen molar-refractivity contribution >= 4 is 11.6 Å². The van der Waals surface area contributed by atoms with Crippen molar-refractivity contribution in [1.82, 2.24) is 5.32 Å². The maximum atomic E-state index is 5.69. The Kier molecular flexibility index (Phi) is 3.44. The molecule has 0 amide bonds. The average molecular weight is 210 g/mol. The average Bonchev–Trinajstić information content (AvgIpc) is 2.72. The molecular weight excluding hydrogens is 194 g/mol. The number of halogens is 1. The summed E-state index contributed by atoms with van der Waals surface area (Å²) in [6.45, 7) is 2.29. The molecule has 0 aliphatic carbocycles. The second kappa shape index (κ2) is 4.81. The minimum absolute atomic E-state index is 0.713. The van der Waals surface area contributed by atoms with E-state index in [1.54, 1.807) is 0 Å². The fourth-order valence-electron chi connectivity index (χ4n) is 2.00. The van der Waals surface area contributed by atoms with Gasteiger partial charge in [-0.2, -0.15) is 0 Å². The standard InChI is InChI=1S/C12H16ClN/c13-7-5-10-1-3-11(4-2-10)12-6-8-14-9-12/h1-4,12,14H,5-9H2. The predicted octanol–water partition coefficient (Wildman–Crippen LogP) is 2.54. The lowest BCUT2D eigenvalue weighted by Crippen LogP contribution is -2.07. The van der Waals surface area contributed by atoms with Crippen molar-refractivity contribution in [2.45, 2.75) is 18.8 Å². The highest BCUT2D eigenvalue weighted by Crippen LogP contribution is 2.22. The van der Waals surface area contributed by atoms with Gasteiger partial charge in [0.25, 0.3) is 0 Å². The van der Waals surface area contributed by atoms with Crippen molar-refractivity contribution in [3.8, 4) is 0 Å². The third-order valence-corrected chi connectivity index (χ3v) is 3.08. The summed E-state index contributed by atoms with van der Waals surface area (Å²) in [5.41, 5.74) is 2.81. The van der Waals surface area contributed by atoms with E-state index in [0.717, 1.165) is 25.4 Å². The van der Waals surface area contributed by atoms with Crippen molar-refractivity contribution < 1.29 is 0 Å². The summed E-state index contributed by atoms with van der Waals surface area (Å²) in [5.74, 6) is 1.43. The van der Waals surface area contributed by atoms with Gasteiger partial charge in [0, 0.05) is 12.4 Å². The van der Waals surface area contributed by atoms with Crippen LogP contribution in [0.2, 0.25) is 0 Å². The zero-order valence-corrected chi connectivity index (χ0v) is 9.06. The molecule has 1 aliphatic rings. The van der Waals surface area contributed by atoms with Gasteiger partial charge in [-0.05, 0) is 36.4 Å². The molecule has 2 rings (SSSR count). The number of aryl methyl sites for hydroxylation is 1. The molecule has 1 atom stereocenters. The molecule has 2 heteroatoms. The maximum Gasteiger partial charge on any atom is 0.0263 e. The Labute approximate surface area is 90.5 Å². The highest BCUT2D eigenvalue weighted by molar-refractivity contribution is 6.17. The van der Waals surface area contributed by atoms with Crippen LogP contribution in [0, 0.1) is 0 Å². The van der Waals surface area contributed by atoms with Crippen molar-refractivity contribution in [1.29, 1.82) is 0 Å². The van der Waals surface area contributed by atoms with E-state index in [1.807, 2.05) is 0 Å². The van der Waals surface area contributed by atoms with Crippen LogP contribution in [0.25, 0.3) is 0 Å². The smallest absolute Gasteiger partial charge is 0.0263 e. The molecule has 1 heterocycles. The normalized spacial score (nSPS) is 21.4. The molecule has 0 radical (unpaired) electrons. The summed E-state index contributed by atoms with van der Waals surface area (Å²) >= 11 is 5.69. The number of hydrogen-bond acceptors (Lipinski definition) is 1. The third kappa shape index (κ3) is 2.28. The number of benzene rings is 1. The fraction of sp³-hybridized carbons (Fsp3) is 0.500. The molecule has 1 unspecified atom stereocenters. The maximum absolute atomic E-state index is 5.69. The highest BCUT2D eigenvalue weighted by Gasteiger charge is 2.15. The first-order valence-corrected chi connectivity index (χ1v) is 5.79. The largest absolute Gasteiger partial charge is 0.316 e. The summed E-state index contributed by atoms with van der Waals surface area (Å²) < 4.78 is 0. The Morgan fingerprint density at radius 2 is 2.07 bits per heavy atom. The topological polar surface area (TPSA) is 12.0 Å². The summed E-state index contributed by atoms with van der Waals surface area (Å²) in [4.78, 5) is 0. The zero-order chi connectivity index (χ0) is 9.80. The molecule has 0 aromatic heterocycles. The molecule has 1 saturated heterocycles. The van der Waals surface area contributed by atoms with E-state index in [9.17, 15) is 0 Å². The van der Waals surface area contributed by atoms with E-state index in [4.69, 9.17) is 11.6 Å². The molecule has 14 heavy (non-hydrogen) atoms. The van der Waals surface area contributed by atoms with Crippen LogP contribution in [0.5, 0.6) is 0 Å². The molecule has 1 aromatic carbocycles. The summed E-state index contributed by atoms with van der Waals surface area (Å²) in [7, 11) is 0. The number of nitrogens with one attached hydrogen (secondary N) is 1. The van der Waals surface area contributed by atoms with Gasteiger partial charge in [0.15, 0.2) is 0 Å². The summed E-state index contributed by atoms with van der Waals surface area (Å²) in [5, 5.41) is 3.39. The molecule has 1 fully saturated rings. The molecule has 1 N–H and O–H groups in total. The lowest BCUT2D eigenvalue weighted by molar-refractivity contribution is 0.763. The van der Waals surface area contributed by atoms with E-state index < -0.39 is 0 Å². The van der Waals surface area contributed by atoms with Crippen LogP contribution in [0.1, 0.15) is 23.5 Å². The van der Waals surface area contributed by atoms with Gasteiger partial charge in [-0.1, -0.05) is 24.3 Å². The van der Waals surface area contributed by atoms with Gasteiger partial charge in [0.1, 0.15) is 0 Å². The van der Waals surface area contributed by atoms with Gasteiger partial charge in [-0.25, -0.2) is 0 Å². The van der Waals surface area contributed by atoms with Gasteiger partial charge < -0.3 is 5.32 Å². The Morgan fingerprint density at radius 1 is 1.29 bits per heavy atom. The Hall–Kier alpha value is -0.530. The SMILES string of the molecule is ClCCc1ccc(C2CCNC2)cc1. The van der Waals surface area contributed by atoms with Crippen LogP contribution >= 0.6 is 11.6 Å². The van der Waals surface area contributed by atoms with Gasteiger partial charge in [-0.3, -0.25) is 0 Å². The van der Waals surface area contributed by atoms with Crippen molar-refractivity contribution in [3.63, 3.8) is 0 Å². The van der Waals surface area contributed by atoms with E-state index in [1.165, 1.54) is 17.5 Å². The van der Waals surface area contributed by atoms with Crippen molar-refractivity contribution in [3.05, 3.63) is 35.4 Å². The molecule has 76 valence electrons. The summed E-state index contributed by atoms with van der Waals surface area (Å²) in [6.07, 6.45) is 2.25. The quantitative estimate of drug-likeness (QED) is 0.755. The van der Waals surface area contributed by atoms with Gasteiger partial charge in [-0.15, -0.1) is 11.6 Å². The Bertz CT molecular complexity index is 275. The molecule has 1 nitrogen and oxygen atoms in total. The van der Waals surface area contributed by atoms with Crippen molar-refractivity contribution in [2.75, 3.05) is 19.0 Å². The molecule has 1 aliphatic heterocycles. The summed E-state index contributed by atoms with van der Waals surface area (Å²) in [6, 6.07) is 8.91.